The number of nitrogens with zero attached hydrogens (tertiary/aromatic N) is 1. The Morgan fingerprint density at radius 1 is 1.18 bits per heavy atom. The molecule has 0 heterocycles. The first-order valence-electron chi connectivity index (χ1n) is 6.27. The minimum atomic E-state index is 0.504. The fourth-order valence-corrected chi connectivity index (χ4v) is 2.70. The molecule has 1 saturated carbocycles. The molecule has 0 atom stereocenters. The minimum Gasteiger partial charge on any atom is -0.387 e. The van der Waals surface area contributed by atoms with E-state index in [0.29, 0.717) is 5.92 Å². The Bertz CT molecular complexity index is 378. The summed E-state index contributed by atoms with van der Waals surface area (Å²) in [5, 5.41) is 0. The number of hydrogen-bond donors (Lipinski definition) is 1. The number of rotatable bonds is 3. The molecule has 17 heavy (non-hydrogen) atoms. The van der Waals surface area contributed by atoms with E-state index in [1.165, 1.54) is 37.0 Å². The monoisotopic (exact) mass is 248 g/mol. The van der Waals surface area contributed by atoms with Crippen LogP contribution < -0.4 is 5.73 Å². The van der Waals surface area contributed by atoms with Crippen molar-refractivity contribution in [3.8, 4) is 0 Å². The van der Waals surface area contributed by atoms with Crippen LogP contribution in [0.5, 0.6) is 0 Å². The van der Waals surface area contributed by atoms with E-state index in [9.17, 15) is 0 Å². The van der Waals surface area contributed by atoms with Gasteiger partial charge in [0, 0.05) is 10.8 Å². The molecule has 1 aliphatic rings. The first-order chi connectivity index (χ1) is 8.29. The molecule has 0 aliphatic heterocycles. The zero-order valence-corrected chi connectivity index (χ0v) is 11.2. The van der Waals surface area contributed by atoms with Gasteiger partial charge in [-0.2, -0.15) is 0 Å². The van der Waals surface area contributed by atoms with Gasteiger partial charge in [0.05, 0.1) is 5.69 Å². The van der Waals surface area contributed by atoms with Crippen LogP contribution in [-0.2, 0) is 0 Å². The molecule has 1 aromatic rings. The normalized spacial score (nSPS) is 18.3. The van der Waals surface area contributed by atoms with Gasteiger partial charge in [-0.05, 0) is 43.4 Å². The second-order valence-electron chi connectivity index (χ2n) is 4.57. The number of hydrogen-bond acceptors (Lipinski definition) is 2. The second-order valence-corrected chi connectivity index (χ2v) is 5.45. The third-order valence-corrected chi connectivity index (χ3v) is 4.10. The van der Waals surface area contributed by atoms with Crippen LogP contribution in [0.4, 0.5) is 5.69 Å². The SMILES string of the molecule is CSc1ccc(N=C(N)C2CCCCC2)cc1. The van der Waals surface area contributed by atoms with E-state index >= 15 is 0 Å². The van der Waals surface area contributed by atoms with Crippen LogP contribution in [0, 0.1) is 5.92 Å². The molecule has 1 aliphatic carbocycles. The predicted molar refractivity (Wildman–Crippen MR) is 76.1 cm³/mol. The minimum absolute atomic E-state index is 0.504. The van der Waals surface area contributed by atoms with E-state index in [2.05, 4.69) is 23.4 Å². The molecule has 2 nitrogen and oxygen atoms in total. The van der Waals surface area contributed by atoms with Crippen LogP contribution >= 0.6 is 11.8 Å². The lowest BCUT2D eigenvalue weighted by atomic mass is 9.88. The lowest BCUT2D eigenvalue weighted by Crippen LogP contribution is -2.25. The van der Waals surface area contributed by atoms with Crippen molar-refractivity contribution >= 4 is 23.3 Å². The largest absolute Gasteiger partial charge is 0.387 e. The second kappa shape index (κ2) is 6.10. The molecular weight excluding hydrogens is 228 g/mol. The Hall–Kier alpha value is -0.960. The Morgan fingerprint density at radius 2 is 1.82 bits per heavy atom. The standard InChI is InChI=1S/C14H20N2S/c1-17-13-9-7-12(8-10-13)16-14(15)11-5-3-2-4-6-11/h7-11H,2-6H2,1H3,(H2,15,16). The highest BCUT2D eigenvalue weighted by atomic mass is 32.2. The third-order valence-electron chi connectivity index (χ3n) is 3.35. The van der Waals surface area contributed by atoms with Crippen LogP contribution in [0.25, 0.3) is 0 Å². The van der Waals surface area contributed by atoms with Crippen LogP contribution in [0.1, 0.15) is 32.1 Å². The van der Waals surface area contributed by atoms with Crippen molar-refractivity contribution in [1.29, 1.82) is 0 Å². The van der Waals surface area contributed by atoms with Crippen molar-refractivity contribution in [3.05, 3.63) is 24.3 Å². The van der Waals surface area contributed by atoms with Gasteiger partial charge < -0.3 is 5.73 Å². The van der Waals surface area contributed by atoms with E-state index < -0.39 is 0 Å². The molecule has 3 heteroatoms. The van der Waals surface area contributed by atoms with Crippen molar-refractivity contribution < 1.29 is 0 Å². The molecule has 1 fully saturated rings. The Morgan fingerprint density at radius 3 is 2.41 bits per heavy atom. The van der Waals surface area contributed by atoms with E-state index in [-0.39, 0.29) is 0 Å². The predicted octanol–water partition coefficient (Wildman–Crippen LogP) is 3.98. The summed E-state index contributed by atoms with van der Waals surface area (Å²) in [7, 11) is 0. The summed E-state index contributed by atoms with van der Waals surface area (Å²) in [4.78, 5) is 5.81. The van der Waals surface area contributed by atoms with Crippen molar-refractivity contribution in [2.45, 2.75) is 37.0 Å². The summed E-state index contributed by atoms with van der Waals surface area (Å²) in [5.41, 5.74) is 7.07. The number of benzene rings is 1. The van der Waals surface area contributed by atoms with Gasteiger partial charge in [-0.25, -0.2) is 4.99 Å². The number of aliphatic imine (C=N–C) groups is 1. The zero-order valence-electron chi connectivity index (χ0n) is 10.4. The Kier molecular flexibility index (Phi) is 4.49. The maximum Gasteiger partial charge on any atom is 0.103 e. The number of thioether (sulfide) groups is 1. The lowest BCUT2D eigenvalue weighted by molar-refractivity contribution is 0.437. The van der Waals surface area contributed by atoms with E-state index in [1.54, 1.807) is 11.8 Å². The van der Waals surface area contributed by atoms with E-state index in [0.717, 1.165) is 11.5 Å². The molecule has 92 valence electrons. The van der Waals surface area contributed by atoms with Gasteiger partial charge >= 0.3 is 0 Å². The smallest absolute Gasteiger partial charge is 0.103 e. The Balaban J connectivity index is 2.05. The zero-order chi connectivity index (χ0) is 12.1. The highest BCUT2D eigenvalue weighted by molar-refractivity contribution is 7.98. The van der Waals surface area contributed by atoms with Gasteiger partial charge in [0.25, 0.3) is 0 Å². The molecular formula is C14H20N2S. The molecule has 0 aromatic heterocycles. The van der Waals surface area contributed by atoms with Crippen molar-refractivity contribution in [1.82, 2.24) is 0 Å². The summed E-state index contributed by atoms with van der Waals surface area (Å²) in [6.45, 7) is 0. The van der Waals surface area contributed by atoms with Gasteiger partial charge in [0.1, 0.15) is 5.84 Å². The van der Waals surface area contributed by atoms with Crippen molar-refractivity contribution in [3.63, 3.8) is 0 Å². The maximum absolute atomic E-state index is 6.10. The summed E-state index contributed by atoms with van der Waals surface area (Å²) in [6, 6.07) is 8.28. The summed E-state index contributed by atoms with van der Waals surface area (Å²) in [5.74, 6) is 1.32. The quantitative estimate of drug-likeness (QED) is 0.499. The molecule has 2 rings (SSSR count). The van der Waals surface area contributed by atoms with Crippen LogP contribution in [0.15, 0.2) is 34.2 Å². The Labute approximate surface area is 108 Å². The fourth-order valence-electron chi connectivity index (χ4n) is 2.30. The highest BCUT2D eigenvalue weighted by Crippen LogP contribution is 2.25. The third kappa shape index (κ3) is 3.50. The van der Waals surface area contributed by atoms with Crippen LogP contribution in [0.2, 0.25) is 0 Å². The molecule has 0 unspecified atom stereocenters. The van der Waals surface area contributed by atoms with Gasteiger partial charge in [-0.1, -0.05) is 19.3 Å². The molecule has 2 N–H and O–H groups in total. The van der Waals surface area contributed by atoms with Crippen molar-refractivity contribution in [2.75, 3.05) is 6.26 Å². The average molecular weight is 248 g/mol. The number of amidine groups is 1. The molecule has 0 saturated heterocycles. The van der Waals surface area contributed by atoms with Crippen LogP contribution in [0.3, 0.4) is 0 Å². The average Bonchev–Trinajstić information content (AvgIpc) is 2.40. The van der Waals surface area contributed by atoms with Gasteiger partial charge in [-0.15, -0.1) is 11.8 Å². The molecule has 0 bridgehead atoms. The molecule has 0 spiro atoms. The number of nitrogens with two attached hydrogens (primary N) is 1. The fraction of sp³-hybridized carbons (Fsp3) is 0.500. The summed E-state index contributed by atoms with van der Waals surface area (Å²) >= 11 is 1.74. The van der Waals surface area contributed by atoms with Gasteiger partial charge in [0.2, 0.25) is 0 Å². The van der Waals surface area contributed by atoms with E-state index in [4.69, 9.17) is 5.73 Å². The molecule has 0 radical (unpaired) electrons. The summed E-state index contributed by atoms with van der Waals surface area (Å²) in [6.07, 6.45) is 8.44. The van der Waals surface area contributed by atoms with Crippen LogP contribution in [-0.4, -0.2) is 12.1 Å². The van der Waals surface area contributed by atoms with Gasteiger partial charge in [-0.3, -0.25) is 0 Å². The van der Waals surface area contributed by atoms with E-state index in [1.807, 2.05) is 12.1 Å². The first kappa shape index (κ1) is 12.5. The molecule has 1 aromatic carbocycles. The first-order valence-corrected chi connectivity index (χ1v) is 7.50. The van der Waals surface area contributed by atoms with Crippen molar-refractivity contribution in [2.24, 2.45) is 16.6 Å². The molecule has 0 amide bonds. The lowest BCUT2D eigenvalue weighted by Gasteiger charge is -2.20. The van der Waals surface area contributed by atoms with Gasteiger partial charge in [0.15, 0.2) is 0 Å². The maximum atomic E-state index is 6.10. The highest BCUT2D eigenvalue weighted by Gasteiger charge is 2.16. The summed E-state index contributed by atoms with van der Waals surface area (Å²) < 4.78 is 0. The topological polar surface area (TPSA) is 38.4 Å².